The first-order chi connectivity index (χ1) is 11.2. The fourth-order valence-corrected chi connectivity index (χ4v) is 3.01. The molecule has 0 saturated carbocycles. The molecule has 1 fully saturated rings. The van der Waals surface area contributed by atoms with Crippen molar-refractivity contribution >= 4 is 17.5 Å². The van der Waals surface area contributed by atoms with E-state index in [0.717, 1.165) is 55.8 Å². The predicted molar refractivity (Wildman–Crippen MR) is 95.3 cm³/mol. The zero-order valence-corrected chi connectivity index (χ0v) is 14.9. The van der Waals surface area contributed by atoms with Crippen molar-refractivity contribution in [2.75, 3.05) is 13.1 Å². The second-order valence-electron chi connectivity index (χ2n) is 6.21. The fraction of sp³-hybridized carbons (Fsp3) is 0.611. The molecule has 128 valence electrons. The number of nitrogens with one attached hydrogen (secondary N) is 2. The van der Waals surface area contributed by atoms with Crippen molar-refractivity contribution in [2.24, 2.45) is 0 Å². The Morgan fingerprint density at radius 2 is 1.74 bits per heavy atom. The molecule has 0 bridgehead atoms. The van der Waals surface area contributed by atoms with Gasteiger partial charge in [-0.2, -0.15) is 0 Å². The van der Waals surface area contributed by atoms with Gasteiger partial charge in [0.15, 0.2) is 0 Å². The van der Waals surface area contributed by atoms with Gasteiger partial charge in [-0.1, -0.05) is 50.4 Å². The van der Waals surface area contributed by atoms with Gasteiger partial charge in [0.05, 0.1) is 0 Å². The Kier molecular flexibility index (Phi) is 7.34. The van der Waals surface area contributed by atoms with Gasteiger partial charge in [0.1, 0.15) is 6.04 Å². The summed E-state index contributed by atoms with van der Waals surface area (Å²) in [7, 11) is 0. The highest BCUT2D eigenvalue weighted by molar-refractivity contribution is 6.30. The van der Waals surface area contributed by atoms with E-state index < -0.39 is 0 Å². The van der Waals surface area contributed by atoms with Crippen molar-refractivity contribution in [1.82, 2.24) is 15.8 Å². The van der Waals surface area contributed by atoms with Gasteiger partial charge in [0.25, 0.3) is 0 Å². The minimum Gasteiger partial charge on any atom is -0.341 e. The largest absolute Gasteiger partial charge is 0.341 e. The van der Waals surface area contributed by atoms with E-state index in [1.165, 1.54) is 0 Å². The van der Waals surface area contributed by atoms with Crippen molar-refractivity contribution in [2.45, 2.75) is 58.0 Å². The smallest absolute Gasteiger partial charge is 0.241 e. The van der Waals surface area contributed by atoms with Crippen LogP contribution in [-0.2, 0) is 4.79 Å². The quantitative estimate of drug-likeness (QED) is 0.760. The normalized spacial score (nSPS) is 20.7. The van der Waals surface area contributed by atoms with E-state index >= 15 is 0 Å². The third kappa shape index (κ3) is 5.20. The number of amides is 1. The highest BCUT2D eigenvalue weighted by atomic mass is 35.5. The van der Waals surface area contributed by atoms with Gasteiger partial charge < -0.3 is 4.90 Å². The number of nitrogens with zero attached hydrogens (tertiary/aromatic N) is 1. The Morgan fingerprint density at radius 3 is 2.30 bits per heavy atom. The molecule has 2 N–H and O–H groups in total. The third-order valence-corrected chi connectivity index (χ3v) is 4.60. The van der Waals surface area contributed by atoms with Gasteiger partial charge in [0, 0.05) is 24.2 Å². The second kappa shape index (κ2) is 9.26. The Morgan fingerprint density at radius 1 is 1.13 bits per heavy atom. The summed E-state index contributed by atoms with van der Waals surface area (Å²) in [5.41, 5.74) is 7.59. The maximum atomic E-state index is 12.8. The standard InChI is InChI=1S/C18H28ClN3O/c1-3-5-11-22(12-6-4-2)18(23)17-13-16(20-21-17)14-7-9-15(19)10-8-14/h7-10,16-17,20-21H,3-6,11-13H2,1-2H3. The summed E-state index contributed by atoms with van der Waals surface area (Å²) in [4.78, 5) is 14.8. The summed E-state index contributed by atoms with van der Waals surface area (Å²) in [6.07, 6.45) is 5.13. The van der Waals surface area contributed by atoms with Crippen LogP contribution >= 0.6 is 11.6 Å². The van der Waals surface area contributed by atoms with Crippen LogP contribution in [0.2, 0.25) is 5.02 Å². The lowest BCUT2D eigenvalue weighted by molar-refractivity contribution is -0.133. The summed E-state index contributed by atoms with van der Waals surface area (Å²) in [5.74, 6) is 0.218. The molecular formula is C18H28ClN3O. The van der Waals surface area contributed by atoms with E-state index in [-0.39, 0.29) is 18.0 Å². The fourth-order valence-electron chi connectivity index (χ4n) is 2.88. The number of hydrazine groups is 1. The maximum Gasteiger partial charge on any atom is 0.241 e. The minimum absolute atomic E-state index is 0.149. The molecule has 0 radical (unpaired) electrons. The number of unbranched alkanes of at least 4 members (excludes halogenated alkanes) is 2. The summed E-state index contributed by atoms with van der Waals surface area (Å²) in [6.45, 7) is 6.04. The van der Waals surface area contributed by atoms with E-state index in [9.17, 15) is 4.79 Å². The molecule has 1 amide bonds. The molecule has 0 aromatic heterocycles. The van der Waals surface area contributed by atoms with Crippen LogP contribution in [0.5, 0.6) is 0 Å². The molecular weight excluding hydrogens is 310 g/mol. The van der Waals surface area contributed by atoms with Gasteiger partial charge >= 0.3 is 0 Å². The van der Waals surface area contributed by atoms with Gasteiger partial charge in [-0.05, 0) is 37.0 Å². The van der Waals surface area contributed by atoms with Crippen molar-refractivity contribution in [3.05, 3.63) is 34.9 Å². The number of hydrogen-bond donors (Lipinski definition) is 2. The second-order valence-corrected chi connectivity index (χ2v) is 6.65. The van der Waals surface area contributed by atoms with Crippen LogP contribution in [-0.4, -0.2) is 29.9 Å². The van der Waals surface area contributed by atoms with Crippen molar-refractivity contribution in [3.8, 4) is 0 Å². The minimum atomic E-state index is -0.149. The topological polar surface area (TPSA) is 44.4 Å². The Hall–Kier alpha value is -1.10. The zero-order valence-electron chi connectivity index (χ0n) is 14.1. The molecule has 1 aliphatic heterocycles. The van der Waals surface area contributed by atoms with Crippen molar-refractivity contribution < 1.29 is 4.79 Å². The molecule has 1 saturated heterocycles. The average Bonchev–Trinajstić information content (AvgIpc) is 3.05. The van der Waals surface area contributed by atoms with Crippen LogP contribution in [0.25, 0.3) is 0 Å². The average molecular weight is 338 g/mol. The molecule has 23 heavy (non-hydrogen) atoms. The molecule has 1 aromatic carbocycles. The summed E-state index contributed by atoms with van der Waals surface area (Å²) < 4.78 is 0. The lowest BCUT2D eigenvalue weighted by Gasteiger charge is -2.25. The third-order valence-electron chi connectivity index (χ3n) is 4.35. The Bertz CT molecular complexity index is 484. The van der Waals surface area contributed by atoms with Crippen LogP contribution in [0.3, 0.4) is 0 Å². The monoisotopic (exact) mass is 337 g/mol. The first kappa shape index (κ1) is 18.2. The first-order valence-electron chi connectivity index (χ1n) is 8.71. The molecule has 2 unspecified atom stereocenters. The van der Waals surface area contributed by atoms with Crippen LogP contribution in [0.1, 0.15) is 57.6 Å². The van der Waals surface area contributed by atoms with Crippen molar-refractivity contribution in [3.63, 3.8) is 0 Å². The van der Waals surface area contributed by atoms with E-state index in [0.29, 0.717) is 0 Å². The summed E-state index contributed by atoms with van der Waals surface area (Å²) >= 11 is 5.94. The lowest BCUT2D eigenvalue weighted by atomic mass is 10.0. The molecule has 4 nitrogen and oxygen atoms in total. The Labute approximate surface area is 144 Å². The van der Waals surface area contributed by atoms with Gasteiger partial charge in [0.2, 0.25) is 5.91 Å². The molecule has 2 rings (SSSR count). The highest BCUT2D eigenvalue weighted by Gasteiger charge is 2.32. The predicted octanol–water partition coefficient (Wildman–Crippen LogP) is 3.68. The molecule has 0 spiro atoms. The van der Waals surface area contributed by atoms with E-state index in [1.807, 2.05) is 29.2 Å². The van der Waals surface area contributed by atoms with Gasteiger partial charge in [-0.15, -0.1) is 0 Å². The van der Waals surface area contributed by atoms with Crippen molar-refractivity contribution in [1.29, 1.82) is 0 Å². The number of halogens is 1. The molecule has 1 aliphatic rings. The summed E-state index contributed by atoms with van der Waals surface area (Å²) in [6, 6.07) is 7.82. The molecule has 1 heterocycles. The van der Waals surface area contributed by atoms with E-state index in [4.69, 9.17) is 11.6 Å². The van der Waals surface area contributed by atoms with Gasteiger partial charge in [-0.25, -0.2) is 10.9 Å². The number of carbonyl (C=O) groups excluding carboxylic acids is 1. The van der Waals surface area contributed by atoms with Crippen LogP contribution in [0, 0.1) is 0 Å². The maximum absolute atomic E-state index is 12.8. The Balaban J connectivity index is 1.94. The number of hydrogen-bond acceptors (Lipinski definition) is 3. The highest BCUT2D eigenvalue weighted by Crippen LogP contribution is 2.24. The molecule has 2 atom stereocenters. The lowest BCUT2D eigenvalue weighted by Crippen LogP contribution is -2.46. The number of carbonyl (C=O) groups is 1. The van der Waals surface area contributed by atoms with Crippen LogP contribution < -0.4 is 10.9 Å². The molecule has 1 aromatic rings. The molecule has 5 heteroatoms. The van der Waals surface area contributed by atoms with E-state index in [1.54, 1.807) is 0 Å². The van der Waals surface area contributed by atoms with Crippen LogP contribution in [0.15, 0.2) is 24.3 Å². The number of benzene rings is 1. The molecule has 0 aliphatic carbocycles. The number of rotatable bonds is 8. The van der Waals surface area contributed by atoms with E-state index in [2.05, 4.69) is 24.7 Å². The van der Waals surface area contributed by atoms with Crippen LogP contribution in [0.4, 0.5) is 0 Å². The zero-order chi connectivity index (χ0) is 16.7. The SMILES string of the molecule is CCCCN(CCCC)C(=O)C1CC(c2ccc(Cl)cc2)NN1. The summed E-state index contributed by atoms with van der Waals surface area (Å²) in [5, 5.41) is 0.734. The first-order valence-corrected chi connectivity index (χ1v) is 9.08. The van der Waals surface area contributed by atoms with Gasteiger partial charge in [-0.3, -0.25) is 4.79 Å².